The number of carbonyl (C=O) groups is 1. The van der Waals surface area contributed by atoms with Crippen molar-refractivity contribution in [3.8, 4) is 0 Å². The van der Waals surface area contributed by atoms with Gasteiger partial charge in [-0.05, 0) is 45.1 Å². The van der Waals surface area contributed by atoms with E-state index in [4.69, 9.17) is 11.6 Å². The molecule has 23 heavy (non-hydrogen) atoms. The maximum Gasteiger partial charge on any atom is 0.271 e. The predicted octanol–water partition coefficient (Wildman–Crippen LogP) is 3.83. The Kier molecular flexibility index (Phi) is 4.39. The van der Waals surface area contributed by atoms with Gasteiger partial charge in [-0.15, -0.1) is 0 Å². The van der Waals surface area contributed by atoms with E-state index < -0.39 is 5.60 Å². The second-order valence-electron chi connectivity index (χ2n) is 7.11. The molecule has 1 aliphatic rings. The lowest BCUT2D eigenvalue weighted by Crippen LogP contribution is -2.40. The van der Waals surface area contributed by atoms with Crippen LogP contribution < -0.4 is 0 Å². The quantitative estimate of drug-likeness (QED) is 0.896. The average molecular weight is 335 g/mol. The number of nitrogens with one attached hydrogen (secondary N) is 1. The Morgan fingerprint density at radius 1 is 1.35 bits per heavy atom. The van der Waals surface area contributed by atoms with E-state index in [0.717, 1.165) is 30.2 Å². The van der Waals surface area contributed by atoms with Crippen LogP contribution in [0.5, 0.6) is 0 Å². The number of fused-ring (bicyclic) bond motifs is 1. The summed E-state index contributed by atoms with van der Waals surface area (Å²) in [5, 5.41) is 11.3. The normalized spacial score (nSPS) is 17.0. The number of amides is 1. The first-order valence-corrected chi connectivity index (χ1v) is 8.51. The molecule has 2 heterocycles. The molecule has 0 unspecified atom stereocenters. The fourth-order valence-electron chi connectivity index (χ4n) is 3.46. The van der Waals surface area contributed by atoms with Crippen LogP contribution in [0.15, 0.2) is 24.3 Å². The minimum atomic E-state index is -0.642. The zero-order chi connectivity index (χ0) is 16.6. The van der Waals surface area contributed by atoms with E-state index >= 15 is 0 Å². The maximum atomic E-state index is 12.7. The molecule has 1 aliphatic heterocycles. The van der Waals surface area contributed by atoms with Crippen molar-refractivity contribution in [2.24, 2.45) is 5.92 Å². The third-order valence-electron chi connectivity index (χ3n) is 4.55. The predicted molar refractivity (Wildman–Crippen MR) is 92.9 cm³/mol. The Labute approximate surface area is 141 Å². The summed E-state index contributed by atoms with van der Waals surface area (Å²) in [6.07, 6.45) is 2.63. The van der Waals surface area contributed by atoms with Crippen molar-refractivity contribution in [1.29, 1.82) is 0 Å². The highest BCUT2D eigenvalue weighted by Gasteiger charge is 2.29. The zero-order valence-corrected chi connectivity index (χ0v) is 14.4. The van der Waals surface area contributed by atoms with Crippen LogP contribution in [0.2, 0.25) is 5.02 Å². The fraction of sp³-hybridized carbons (Fsp3) is 0.500. The largest absolute Gasteiger partial charge is 0.390 e. The Hall–Kier alpha value is -1.52. The van der Waals surface area contributed by atoms with E-state index in [9.17, 15) is 9.90 Å². The van der Waals surface area contributed by atoms with Crippen molar-refractivity contribution < 1.29 is 9.90 Å². The summed E-state index contributed by atoms with van der Waals surface area (Å²) >= 11 is 6.38. The summed E-state index contributed by atoms with van der Waals surface area (Å²) in [5.74, 6) is 0.435. The number of aliphatic hydroxyl groups is 1. The minimum Gasteiger partial charge on any atom is -0.390 e. The van der Waals surface area contributed by atoms with Crippen molar-refractivity contribution in [2.75, 3.05) is 13.1 Å². The maximum absolute atomic E-state index is 12.7. The van der Waals surface area contributed by atoms with Gasteiger partial charge in [0.1, 0.15) is 5.69 Å². The SMILES string of the molecule is CC(C)(O)CC1CCN(C(=O)c2[nH]c3ccccc3c2Cl)CC1. The number of piperidine rings is 1. The van der Waals surface area contributed by atoms with Crippen LogP contribution in [0.1, 0.15) is 43.6 Å². The molecule has 1 saturated heterocycles. The second kappa shape index (κ2) is 6.17. The lowest BCUT2D eigenvalue weighted by atomic mass is 9.86. The number of para-hydroxylation sites is 1. The first kappa shape index (κ1) is 16.3. The summed E-state index contributed by atoms with van der Waals surface area (Å²) in [4.78, 5) is 17.7. The summed E-state index contributed by atoms with van der Waals surface area (Å²) in [7, 11) is 0. The van der Waals surface area contributed by atoms with Gasteiger partial charge in [0.05, 0.1) is 10.6 Å². The summed E-state index contributed by atoms with van der Waals surface area (Å²) in [6, 6.07) is 7.68. The number of carbonyl (C=O) groups excluding carboxylic acids is 1. The van der Waals surface area contributed by atoms with Crippen molar-refractivity contribution in [1.82, 2.24) is 9.88 Å². The summed E-state index contributed by atoms with van der Waals surface area (Å²) in [5.41, 5.74) is 0.726. The second-order valence-corrected chi connectivity index (χ2v) is 7.49. The molecule has 124 valence electrons. The highest BCUT2D eigenvalue weighted by Crippen LogP contribution is 2.30. The number of nitrogens with zero attached hydrogens (tertiary/aromatic N) is 1. The van der Waals surface area contributed by atoms with E-state index in [0.29, 0.717) is 29.7 Å². The van der Waals surface area contributed by atoms with Gasteiger partial charge in [-0.2, -0.15) is 0 Å². The van der Waals surface area contributed by atoms with Gasteiger partial charge >= 0.3 is 0 Å². The van der Waals surface area contributed by atoms with Crippen LogP contribution in [0.25, 0.3) is 10.9 Å². The van der Waals surface area contributed by atoms with Crippen LogP contribution in [-0.2, 0) is 0 Å². The molecule has 0 aliphatic carbocycles. The van der Waals surface area contributed by atoms with E-state index in [1.165, 1.54) is 0 Å². The third-order valence-corrected chi connectivity index (χ3v) is 4.94. The molecule has 0 bridgehead atoms. The summed E-state index contributed by atoms with van der Waals surface area (Å²) in [6.45, 7) is 5.11. The first-order chi connectivity index (χ1) is 10.8. The number of aromatic amines is 1. The number of rotatable bonds is 3. The van der Waals surface area contributed by atoms with Gasteiger partial charge in [0.15, 0.2) is 0 Å². The van der Waals surface area contributed by atoms with E-state index in [1.54, 1.807) is 0 Å². The average Bonchev–Trinajstić information content (AvgIpc) is 2.83. The molecule has 3 rings (SSSR count). The highest BCUT2D eigenvalue weighted by atomic mass is 35.5. The first-order valence-electron chi connectivity index (χ1n) is 8.13. The molecule has 1 amide bonds. The van der Waals surface area contributed by atoms with Gasteiger partial charge in [0.25, 0.3) is 5.91 Å². The molecule has 0 spiro atoms. The van der Waals surface area contributed by atoms with Gasteiger partial charge in [-0.3, -0.25) is 4.79 Å². The van der Waals surface area contributed by atoms with Crippen LogP contribution >= 0.6 is 11.6 Å². The number of likely N-dealkylation sites (tertiary alicyclic amines) is 1. The molecule has 0 atom stereocenters. The Balaban J connectivity index is 1.70. The molecule has 1 aromatic carbocycles. The Bertz CT molecular complexity index is 709. The van der Waals surface area contributed by atoms with Crippen molar-refractivity contribution >= 4 is 28.4 Å². The Morgan fingerprint density at radius 2 is 2.00 bits per heavy atom. The van der Waals surface area contributed by atoms with E-state index in [-0.39, 0.29) is 5.91 Å². The molecule has 0 radical (unpaired) electrons. The number of halogens is 1. The lowest BCUT2D eigenvalue weighted by molar-refractivity contribution is 0.0357. The summed E-state index contributed by atoms with van der Waals surface area (Å²) < 4.78 is 0. The molecular weight excluding hydrogens is 312 g/mol. The Morgan fingerprint density at radius 3 is 2.61 bits per heavy atom. The topological polar surface area (TPSA) is 56.3 Å². The monoisotopic (exact) mass is 334 g/mol. The van der Waals surface area contributed by atoms with Crippen LogP contribution in [0.3, 0.4) is 0 Å². The van der Waals surface area contributed by atoms with Gasteiger partial charge < -0.3 is 15.0 Å². The zero-order valence-electron chi connectivity index (χ0n) is 13.6. The van der Waals surface area contributed by atoms with Crippen LogP contribution in [-0.4, -0.2) is 39.6 Å². The number of H-pyrrole nitrogens is 1. The molecule has 1 fully saturated rings. The van der Waals surface area contributed by atoms with E-state index in [2.05, 4.69) is 4.98 Å². The van der Waals surface area contributed by atoms with Gasteiger partial charge in [0.2, 0.25) is 0 Å². The van der Waals surface area contributed by atoms with Gasteiger partial charge in [-0.1, -0.05) is 29.8 Å². The van der Waals surface area contributed by atoms with E-state index in [1.807, 2.05) is 43.0 Å². The lowest BCUT2D eigenvalue weighted by Gasteiger charge is -2.34. The van der Waals surface area contributed by atoms with Gasteiger partial charge in [-0.25, -0.2) is 0 Å². The smallest absolute Gasteiger partial charge is 0.271 e. The molecule has 1 aromatic heterocycles. The number of hydrogen-bond acceptors (Lipinski definition) is 2. The van der Waals surface area contributed by atoms with Gasteiger partial charge in [0, 0.05) is 24.0 Å². The standard InChI is InChI=1S/C18H23ClN2O2/c1-18(2,23)11-12-7-9-21(10-8-12)17(22)16-15(19)13-5-3-4-6-14(13)20-16/h3-6,12,20,23H,7-11H2,1-2H3. The molecule has 2 aromatic rings. The minimum absolute atomic E-state index is 0.0343. The molecule has 5 heteroatoms. The van der Waals surface area contributed by atoms with Crippen molar-refractivity contribution in [3.05, 3.63) is 35.0 Å². The third kappa shape index (κ3) is 3.54. The van der Waals surface area contributed by atoms with Crippen molar-refractivity contribution in [3.63, 3.8) is 0 Å². The molecule has 0 saturated carbocycles. The number of benzene rings is 1. The van der Waals surface area contributed by atoms with Crippen LogP contribution in [0, 0.1) is 5.92 Å². The van der Waals surface area contributed by atoms with Crippen molar-refractivity contribution in [2.45, 2.75) is 38.7 Å². The number of aromatic nitrogens is 1. The fourth-order valence-corrected chi connectivity index (χ4v) is 3.75. The molecular formula is C18H23ClN2O2. The highest BCUT2D eigenvalue weighted by molar-refractivity contribution is 6.38. The molecule has 4 nitrogen and oxygen atoms in total. The number of hydrogen-bond donors (Lipinski definition) is 2. The van der Waals surface area contributed by atoms with Crippen LogP contribution in [0.4, 0.5) is 0 Å². The molecule has 2 N–H and O–H groups in total.